The molecule has 0 aromatic heterocycles. The molecule has 0 fully saturated rings. The average Bonchev–Trinajstić information content (AvgIpc) is 2.35. The molecule has 0 aliphatic heterocycles. The Kier molecular flexibility index (Phi) is 5.16. The SMILES string of the molecule is CCC(O)(CC)COc1cc(Br)ccc1C(=O)O. The number of carbonyl (C=O) groups is 1. The molecular weight excluding hydrogens is 300 g/mol. The Labute approximate surface area is 115 Å². The summed E-state index contributed by atoms with van der Waals surface area (Å²) in [5.41, 5.74) is -0.828. The highest BCUT2D eigenvalue weighted by Gasteiger charge is 2.24. The van der Waals surface area contributed by atoms with Gasteiger partial charge in [-0.05, 0) is 31.0 Å². The number of carboxylic acid groups (broad SMARTS) is 1. The Bertz CT molecular complexity index is 427. The van der Waals surface area contributed by atoms with Crippen LogP contribution in [0.2, 0.25) is 0 Å². The molecule has 18 heavy (non-hydrogen) atoms. The zero-order valence-electron chi connectivity index (χ0n) is 10.4. The van der Waals surface area contributed by atoms with Gasteiger partial charge in [0.15, 0.2) is 0 Å². The standard InChI is InChI=1S/C13H17BrO4/c1-3-13(17,4-2)8-18-11-7-9(14)5-6-10(11)12(15)16/h5-7,17H,3-4,8H2,1-2H3,(H,15,16). The lowest BCUT2D eigenvalue weighted by Gasteiger charge is -2.25. The molecule has 4 nitrogen and oxygen atoms in total. The van der Waals surface area contributed by atoms with Gasteiger partial charge in [0.05, 0.1) is 5.60 Å². The van der Waals surface area contributed by atoms with E-state index in [1.54, 1.807) is 12.1 Å². The molecule has 1 aromatic carbocycles. The molecule has 100 valence electrons. The van der Waals surface area contributed by atoms with Gasteiger partial charge in [0.25, 0.3) is 0 Å². The quantitative estimate of drug-likeness (QED) is 0.846. The number of carboxylic acids is 1. The van der Waals surface area contributed by atoms with Gasteiger partial charge in [0.1, 0.15) is 17.9 Å². The molecule has 0 saturated carbocycles. The van der Waals surface area contributed by atoms with Crippen LogP contribution in [0.5, 0.6) is 5.75 Å². The lowest BCUT2D eigenvalue weighted by molar-refractivity contribution is -0.0117. The van der Waals surface area contributed by atoms with Crippen molar-refractivity contribution in [2.45, 2.75) is 32.3 Å². The number of hydrogen-bond donors (Lipinski definition) is 2. The largest absolute Gasteiger partial charge is 0.490 e. The maximum atomic E-state index is 11.0. The van der Waals surface area contributed by atoms with Crippen LogP contribution in [-0.4, -0.2) is 28.4 Å². The van der Waals surface area contributed by atoms with E-state index in [9.17, 15) is 9.90 Å². The molecule has 0 saturated heterocycles. The molecule has 0 amide bonds. The van der Waals surface area contributed by atoms with Crippen LogP contribution in [0.3, 0.4) is 0 Å². The van der Waals surface area contributed by atoms with Gasteiger partial charge in [-0.3, -0.25) is 0 Å². The Morgan fingerprint density at radius 2 is 2.00 bits per heavy atom. The van der Waals surface area contributed by atoms with Gasteiger partial charge in [0.2, 0.25) is 0 Å². The second-order valence-corrected chi connectivity index (χ2v) is 5.08. The van der Waals surface area contributed by atoms with Gasteiger partial charge in [-0.1, -0.05) is 29.8 Å². The van der Waals surface area contributed by atoms with Crippen molar-refractivity contribution in [2.24, 2.45) is 0 Å². The monoisotopic (exact) mass is 316 g/mol. The van der Waals surface area contributed by atoms with E-state index >= 15 is 0 Å². The van der Waals surface area contributed by atoms with E-state index < -0.39 is 11.6 Å². The molecule has 2 N–H and O–H groups in total. The maximum absolute atomic E-state index is 11.0. The van der Waals surface area contributed by atoms with E-state index in [-0.39, 0.29) is 17.9 Å². The number of hydrogen-bond acceptors (Lipinski definition) is 3. The Balaban J connectivity index is 2.90. The molecule has 0 spiro atoms. The van der Waals surface area contributed by atoms with Gasteiger partial charge in [-0.2, -0.15) is 0 Å². The average molecular weight is 317 g/mol. The summed E-state index contributed by atoms with van der Waals surface area (Å²) in [6.45, 7) is 3.81. The van der Waals surface area contributed by atoms with Crippen LogP contribution in [0.4, 0.5) is 0 Å². The van der Waals surface area contributed by atoms with Crippen molar-refractivity contribution >= 4 is 21.9 Å². The minimum atomic E-state index is -1.05. The van der Waals surface area contributed by atoms with Crippen molar-refractivity contribution in [3.05, 3.63) is 28.2 Å². The van der Waals surface area contributed by atoms with E-state index in [1.165, 1.54) is 6.07 Å². The van der Waals surface area contributed by atoms with Crippen LogP contribution in [-0.2, 0) is 0 Å². The van der Waals surface area contributed by atoms with Crippen LogP contribution < -0.4 is 4.74 Å². The number of ether oxygens (including phenoxy) is 1. The third-order valence-electron chi connectivity index (χ3n) is 2.99. The molecule has 0 atom stereocenters. The molecule has 1 aromatic rings. The second kappa shape index (κ2) is 6.20. The first-order chi connectivity index (χ1) is 8.41. The second-order valence-electron chi connectivity index (χ2n) is 4.17. The zero-order valence-corrected chi connectivity index (χ0v) is 12.0. The predicted octanol–water partition coefficient (Wildman–Crippen LogP) is 3.08. The highest BCUT2D eigenvalue weighted by molar-refractivity contribution is 9.10. The van der Waals surface area contributed by atoms with Crippen molar-refractivity contribution in [1.29, 1.82) is 0 Å². The smallest absolute Gasteiger partial charge is 0.339 e. The van der Waals surface area contributed by atoms with Crippen molar-refractivity contribution in [1.82, 2.24) is 0 Å². The third-order valence-corrected chi connectivity index (χ3v) is 3.48. The number of rotatable bonds is 6. The van der Waals surface area contributed by atoms with Crippen LogP contribution in [0.25, 0.3) is 0 Å². The fourth-order valence-corrected chi connectivity index (χ4v) is 1.80. The first-order valence-electron chi connectivity index (χ1n) is 5.80. The number of aliphatic hydroxyl groups is 1. The Morgan fingerprint density at radius 1 is 1.39 bits per heavy atom. The summed E-state index contributed by atoms with van der Waals surface area (Å²) in [4.78, 5) is 11.0. The first kappa shape index (κ1) is 15.0. The summed E-state index contributed by atoms with van der Waals surface area (Å²) in [6, 6.07) is 4.70. The number of aromatic carboxylic acids is 1. The van der Waals surface area contributed by atoms with Crippen molar-refractivity contribution in [2.75, 3.05) is 6.61 Å². The third kappa shape index (κ3) is 3.71. The van der Waals surface area contributed by atoms with E-state index in [0.29, 0.717) is 12.8 Å². The van der Waals surface area contributed by atoms with E-state index in [4.69, 9.17) is 9.84 Å². The summed E-state index contributed by atoms with van der Waals surface area (Å²) >= 11 is 3.26. The van der Waals surface area contributed by atoms with Crippen LogP contribution in [0.15, 0.2) is 22.7 Å². The Hall–Kier alpha value is -1.07. The van der Waals surface area contributed by atoms with Gasteiger partial charge < -0.3 is 14.9 Å². The van der Waals surface area contributed by atoms with Gasteiger partial charge in [0, 0.05) is 4.47 Å². The minimum Gasteiger partial charge on any atom is -0.490 e. The van der Waals surface area contributed by atoms with Gasteiger partial charge in [-0.25, -0.2) is 4.79 Å². The van der Waals surface area contributed by atoms with E-state index in [0.717, 1.165) is 4.47 Å². The highest BCUT2D eigenvalue weighted by Crippen LogP contribution is 2.25. The summed E-state index contributed by atoms with van der Waals surface area (Å²) in [7, 11) is 0. The molecule has 0 heterocycles. The normalized spacial score (nSPS) is 11.3. The Morgan fingerprint density at radius 3 is 2.50 bits per heavy atom. The van der Waals surface area contributed by atoms with Crippen LogP contribution in [0, 0.1) is 0 Å². The summed E-state index contributed by atoms with van der Waals surface area (Å²) in [5.74, 6) is -0.786. The van der Waals surface area contributed by atoms with Gasteiger partial charge in [-0.15, -0.1) is 0 Å². The fourth-order valence-electron chi connectivity index (χ4n) is 1.46. The molecule has 0 aliphatic rings. The van der Waals surface area contributed by atoms with Gasteiger partial charge >= 0.3 is 5.97 Å². The topological polar surface area (TPSA) is 66.8 Å². The molecule has 0 unspecified atom stereocenters. The molecule has 5 heteroatoms. The molecular formula is C13H17BrO4. The van der Waals surface area contributed by atoms with E-state index in [2.05, 4.69) is 15.9 Å². The highest BCUT2D eigenvalue weighted by atomic mass is 79.9. The number of halogens is 1. The lowest BCUT2D eigenvalue weighted by atomic mass is 9.99. The lowest BCUT2D eigenvalue weighted by Crippen LogP contribution is -2.34. The predicted molar refractivity (Wildman–Crippen MR) is 72.1 cm³/mol. The van der Waals surface area contributed by atoms with Crippen molar-refractivity contribution in [3.8, 4) is 5.75 Å². The van der Waals surface area contributed by atoms with Crippen molar-refractivity contribution < 1.29 is 19.7 Å². The van der Waals surface area contributed by atoms with Crippen LogP contribution in [0.1, 0.15) is 37.0 Å². The van der Waals surface area contributed by atoms with Crippen molar-refractivity contribution in [3.63, 3.8) is 0 Å². The van der Waals surface area contributed by atoms with Crippen LogP contribution >= 0.6 is 15.9 Å². The van der Waals surface area contributed by atoms with E-state index in [1.807, 2.05) is 13.8 Å². The fraction of sp³-hybridized carbons (Fsp3) is 0.462. The molecule has 0 radical (unpaired) electrons. The molecule has 0 bridgehead atoms. The summed E-state index contributed by atoms with van der Waals surface area (Å²) in [6.07, 6.45) is 1.11. The summed E-state index contributed by atoms with van der Waals surface area (Å²) < 4.78 is 6.20. The summed E-state index contributed by atoms with van der Waals surface area (Å²) in [5, 5.41) is 19.1. The minimum absolute atomic E-state index is 0.0801. The molecule has 0 aliphatic carbocycles. The first-order valence-corrected chi connectivity index (χ1v) is 6.59. The number of benzene rings is 1. The maximum Gasteiger partial charge on any atom is 0.339 e. The molecule has 1 rings (SSSR count). The zero-order chi connectivity index (χ0) is 13.8.